The van der Waals surface area contributed by atoms with E-state index in [-0.39, 0.29) is 11.7 Å². The summed E-state index contributed by atoms with van der Waals surface area (Å²) in [5.74, 6) is 0.309. The van der Waals surface area contributed by atoms with E-state index in [9.17, 15) is 9.18 Å². The maximum Gasteiger partial charge on any atom is 0.220 e. The first-order valence-corrected chi connectivity index (χ1v) is 9.44. The van der Waals surface area contributed by atoms with E-state index in [1.807, 2.05) is 36.5 Å². The van der Waals surface area contributed by atoms with Gasteiger partial charge in [-0.15, -0.1) is 11.8 Å². The highest BCUT2D eigenvalue weighted by molar-refractivity contribution is 7.99. The Morgan fingerprint density at radius 3 is 2.65 bits per heavy atom. The van der Waals surface area contributed by atoms with Crippen LogP contribution in [0.3, 0.4) is 0 Å². The van der Waals surface area contributed by atoms with Gasteiger partial charge in [-0.2, -0.15) is 5.10 Å². The fourth-order valence-electron chi connectivity index (χ4n) is 2.49. The molecular weight excluding hydrogens is 349 g/mol. The number of hydrogen-bond donors (Lipinski definition) is 1. The molecule has 0 fully saturated rings. The van der Waals surface area contributed by atoms with E-state index in [0.717, 1.165) is 17.7 Å². The average Bonchev–Trinajstić information content (AvgIpc) is 3.19. The minimum absolute atomic E-state index is 0.0120. The standard InChI is InChI=1S/C20H20FN3OS/c21-18-4-1-2-5-19(18)26-15-11-20(25)22-13-10-16-6-8-17(9-7-16)24-14-3-12-23-24/h1-9,12,14H,10-11,13,15H2,(H,22,25). The van der Waals surface area contributed by atoms with Crippen LogP contribution in [0.15, 0.2) is 71.9 Å². The lowest BCUT2D eigenvalue weighted by Gasteiger charge is -2.07. The van der Waals surface area contributed by atoms with Crippen molar-refractivity contribution in [1.82, 2.24) is 15.1 Å². The molecule has 2 aromatic carbocycles. The molecule has 1 amide bonds. The van der Waals surface area contributed by atoms with Gasteiger partial charge in [0.25, 0.3) is 0 Å². The van der Waals surface area contributed by atoms with Crippen LogP contribution >= 0.6 is 11.8 Å². The third-order valence-corrected chi connectivity index (χ3v) is 4.91. The Morgan fingerprint density at radius 2 is 1.92 bits per heavy atom. The average molecular weight is 369 g/mol. The van der Waals surface area contributed by atoms with Gasteiger partial charge in [0, 0.05) is 36.0 Å². The number of amides is 1. The Labute approximate surface area is 156 Å². The van der Waals surface area contributed by atoms with Gasteiger partial charge >= 0.3 is 0 Å². The van der Waals surface area contributed by atoms with Gasteiger partial charge in [0.1, 0.15) is 5.82 Å². The van der Waals surface area contributed by atoms with Crippen LogP contribution in [-0.4, -0.2) is 28.0 Å². The van der Waals surface area contributed by atoms with Gasteiger partial charge in [0.15, 0.2) is 0 Å². The zero-order valence-corrected chi connectivity index (χ0v) is 15.1. The van der Waals surface area contributed by atoms with Crippen molar-refractivity contribution in [3.05, 3.63) is 78.4 Å². The van der Waals surface area contributed by atoms with Crippen molar-refractivity contribution in [1.29, 1.82) is 0 Å². The largest absolute Gasteiger partial charge is 0.356 e. The van der Waals surface area contributed by atoms with Crippen LogP contribution in [0, 0.1) is 5.82 Å². The zero-order valence-electron chi connectivity index (χ0n) is 14.3. The van der Waals surface area contributed by atoms with Crippen molar-refractivity contribution in [2.45, 2.75) is 17.7 Å². The Morgan fingerprint density at radius 1 is 1.12 bits per heavy atom. The summed E-state index contributed by atoms with van der Waals surface area (Å²) >= 11 is 1.36. The normalized spacial score (nSPS) is 10.7. The monoisotopic (exact) mass is 369 g/mol. The molecule has 1 heterocycles. The first-order chi connectivity index (χ1) is 12.7. The fraction of sp³-hybridized carbons (Fsp3) is 0.200. The van der Waals surface area contributed by atoms with Crippen molar-refractivity contribution in [2.24, 2.45) is 0 Å². The highest BCUT2D eigenvalue weighted by Crippen LogP contribution is 2.21. The first kappa shape index (κ1) is 18.2. The second-order valence-electron chi connectivity index (χ2n) is 5.75. The summed E-state index contributed by atoms with van der Waals surface area (Å²) in [6.07, 6.45) is 4.78. The van der Waals surface area contributed by atoms with Crippen molar-refractivity contribution < 1.29 is 9.18 Å². The van der Waals surface area contributed by atoms with Crippen LogP contribution in [0.5, 0.6) is 0 Å². The summed E-state index contributed by atoms with van der Waals surface area (Å²) in [7, 11) is 0. The number of thioether (sulfide) groups is 1. The number of carbonyl (C=O) groups excluding carboxylic acids is 1. The summed E-state index contributed by atoms with van der Waals surface area (Å²) in [5, 5.41) is 7.10. The number of nitrogens with one attached hydrogen (secondary N) is 1. The molecule has 0 spiro atoms. The molecule has 0 saturated carbocycles. The van der Waals surface area contributed by atoms with E-state index in [2.05, 4.69) is 10.4 Å². The zero-order chi connectivity index (χ0) is 18.2. The van der Waals surface area contributed by atoms with Gasteiger partial charge in [-0.1, -0.05) is 24.3 Å². The summed E-state index contributed by atoms with van der Waals surface area (Å²) < 4.78 is 15.3. The number of halogens is 1. The number of aromatic nitrogens is 2. The molecule has 3 aromatic rings. The lowest BCUT2D eigenvalue weighted by molar-refractivity contribution is -0.120. The van der Waals surface area contributed by atoms with Crippen LogP contribution in [0.25, 0.3) is 5.69 Å². The maximum absolute atomic E-state index is 13.5. The molecule has 0 aliphatic rings. The smallest absolute Gasteiger partial charge is 0.220 e. The van der Waals surface area contributed by atoms with Gasteiger partial charge in [-0.05, 0) is 42.3 Å². The highest BCUT2D eigenvalue weighted by Gasteiger charge is 2.05. The Balaban J connectivity index is 1.36. The SMILES string of the molecule is O=C(CCSc1ccccc1F)NCCc1ccc(-n2cccn2)cc1. The van der Waals surface area contributed by atoms with Crippen LogP contribution < -0.4 is 5.32 Å². The molecule has 4 nitrogen and oxygen atoms in total. The van der Waals surface area contributed by atoms with E-state index in [4.69, 9.17) is 0 Å². The van der Waals surface area contributed by atoms with Crippen molar-refractivity contribution >= 4 is 17.7 Å². The molecule has 3 rings (SSSR count). The summed E-state index contributed by atoms with van der Waals surface area (Å²) in [5.41, 5.74) is 2.16. The second kappa shape index (κ2) is 9.20. The molecule has 1 aromatic heterocycles. The molecule has 0 saturated heterocycles. The minimum atomic E-state index is -0.239. The first-order valence-electron chi connectivity index (χ1n) is 8.45. The molecule has 0 aliphatic heterocycles. The molecule has 0 bridgehead atoms. The van der Waals surface area contributed by atoms with E-state index >= 15 is 0 Å². The van der Waals surface area contributed by atoms with Gasteiger partial charge in [-0.3, -0.25) is 4.79 Å². The Bertz CT molecular complexity index is 835. The summed E-state index contributed by atoms with van der Waals surface area (Å²) in [6, 6.07) is 16.6. The quantitative estimate of drug-likeness (QED) is 0.614. The van der Waals surface area contributed by atoms with Crippen LogP contribution in [0.1, 0.15) is 12.0 Å². The number of nitrogens with zero attached hydrogens (tertiary/aromatic N) is 2. The van der Waals surface area contributed by atoms with Crippen molar-refractivity contribution in [3.8, 4) is 5.69 Å². The number of rotatable bonds is 8. The highest BCUT2D eigenvalue weighted by atomic mass is 32.2. The molecular formula is C20H20FN3OS. The van der Waals surface area contributed by atoms with Gasteiger partial charge in [0.05, 0.1) is 5.69 Å². The second-order valence-corrected chi connectivity index (χ2v) is 6.88. The van der Waals surface area contributed by atoms with Crippen LogP contribution in [0.2, 0.25) is 0 Å². The van der Waals surface area contributed by atoms with Crippen molar-refractivity contribution in [2.75, 3.05) is 12.3 Å². The van der Waals surface area contributed by atoms with E-state index in [1.165, 1.54) is 17.8 Å². The third-order valence-electron chi connectivity index (χ3n) is 3.86. The van der Waals surface area contributed by atoms with Crippen molar-refractivity contribution in [3.63, 3.8) is 0 Å². The third kappa shape index (κ3) is 5.20. The maximum atomic E-state index is 13.5. The van der Waals surface area contributed by atoms with Crippen LogP contribution in [0.4, 0.5) is 4.39 Å². The van der Waals surface area contributed by atoms with Gasteiger partial charge in [-0.25, -0.2) is 9.07 Å². The van der Waals surface area contributed by atoms with Gasteiger partial charge in [0.2, 0.25) is 5.91 Å². The number of hydrogen-bond acceptors (Lipinski definition) is 3. The molecule has 1 N–H and O–H groups in total. The summed E-state index contributed by atoms with van der Waals surface area (Å²) in [6.45, 7) is 0.588. The van der Waals surface area contributed by atoms with E-state index in [1.54, 1.807) is 29.1 Å². The van der Waals surface area contributed by atoms with E-state index in [0.29, 0.717) is 23.6 Å². The molecule has 0 aliphatic carbocycles. The number of benzene rings is 2. The molecule has 0 radical (unpaired) electrons. The lowest BCUT2D eigenvalue weighted by atomic mass is 10.1. The van der Waals surface area contributed by atoms with Gasteiger partial charge < -0.3 is 5.32 Å². The lowest BCUT2D eigenvalue weighted by Crippen LogP contribution is -2.25. The van der Waals surface area contributed by atoms with E-state index < -0.39 is 0 Å². The molecule has 26 heavy (non-hydrogen) atoms. The Hall–Kier alpha value is -2.60. The predicted molar refractivity (Wildman–Crippen MR) is 102 cm³/mol. The molecule has 134 valence electrons. The van der Waals surface area contributed by atoms with Crippen LogP contribution in [-0.2, 0) is 11.2 Å². The predicted octanol–water partition coefficient (Wildman–Crippen LogP) is 3.85. The minimum Gasteiger partial charge on any atom is -0.356 e. The fourth-order valence-corrected chi connectivity index (χ4v) is 3.38. The Kier molecular flexibility index (Phi) is 6.44. The number of carbonyl (C=O) groups is 1. The summed E-state index contributed by atoms with van der Waals surface area (Å²) in [4.78, 5) is 12.5. The molecule has 0 unspecified atom stereocenters. The molecule has 6 heteroatoms. The topological polar surface area (TPSA) is 46.9 Å². The molecule has 0 atom stereocenters.